The second-order valence-electron chi connectivity index (χ2n) is 4.26. The molecule has 2 saturated heterocycles. The molecule has 2 fully saturated rings. The molecular formula is C12H20N2O3S. The highest BCUT2D eigenvalue weighted by Gasteiger charge is 2.42. The van der Waals surface area contributed by atoms with E-state index in [4.69, 9.17) is 5.11 Å². The molecule has 2 aliphatic heterocycles. The number of aliphatic carboxylic acids is 1. The molecule has 0 radical (unpaired) electrons. The van der Waals surface area contributed by atoms with Crippen LogP contribution in [-0.2, 0) is 4.79 Å². The number of urea groups is 1. The smallest absolute Gasteiger partial charge is 0.315 e. The Hall–Kier alpha value is -1.17. The van der Waals surface area contributed by atoms with Crippen LogP contribution in [0.5, 0.6) is 0 Å². The van der Waals surface area contributed by atoms with Crippen LogP contribution in [0, 0.1) is 0 Å². The molecule has 2 aliphatic rings. The Bertz CT molecular complexity index is 312. The van der Waals surface area contributed by atoms with Gasteiger partial charge in [-0.2, -0.15) is 11.8 Å². The summed E-state index contributed by atoms with van der Waals surface area (Å²) in [7, 11) is 0. The molecule has 2 rings (SSSR count). The maximum Gasteiger partial charge on any atom is 0.315 e. The number of amides is 2. The molecular weight excluding hydrogens is 252 g/mol. The largest absolute Gasteiger partial charge is 0.481 e. The van der Waals surface area contributed by atoms with Gasteiger partial charge >= 0.3 is 12.0 Å². The number of thioether (sulfide) groups is 1. The highest BCUT2D eigenvalue weighted by molar-refractivity contribution is 8.00. The lowest BCUT2D eigenvalue weighted by Crippen LogP contribution is -2.36. The van der Waals surface area contributed by atoms with Crippen LogP contribution in [0.25, 0.3) is 0 Å². The van der Waals surface area contributed by atoms with Crippen molar-refractivity contribution in [1.82, 2.24) is 10.6 Å². The highest BCUT2D eigenvalue weighted by Crippen LogP contribution is 2.33. The molecule has 0 unspecified atom stereocenters. The molecule has 3 atom stereocenters. The standard InChI is InChI=1S/C10H16N2O3S.C2H4/c13-8(14)4-2-1-3-7-9-6(5-16-7)11-10(15)12-9;1-2/h6-7,9H,1-5H2,(H,13,14)(H2,11,12,15);1-2H2/t6-,7-,9-;/m0./s1. The molecule has 2 amide bonds. The first-order chi connectivity index (χ1) is 8.66. The summed E-state index contributed by atoms with van der Waals surface area (Å²) in [6, 6.07) is 0.440. The quantitative estimate of drug-likeness (QED) is 0.403. The molecule has 6 heteroatoms. The Labute approximate surface area is 111 Å². The number of rotatable bonds is 5. The Morgan fingerprint density at radius 1 is 1.39 bits per heavy atom. The molecule has 5 nitrogen and oxygen atoms in total. The number of carbonyl (C=O) groups is 2. The van der Waals surface area contributed by atoms with E-state index in [9.17, 15) is 9.59 Å². The lowest BCUT2D eigenvalue weighted by molar-refractivity contribution is -0.137. The fraction of sp³-hybridized carbons (Fsp3) is 0.667. The molecule has 102 valence electrons. The van der Waals surface area contributed by atoms with Crippen molar-refractivity contribution in [3.8, 4) is 0 Å². The van der Waals surface area contributed by atoms with E-state index >= 15 is 0 Å². The summed E-state index contributed by atoms with van der Waals surface area (Å²) in [4.78, 5) is 21.5. The van der Waals surface area contributed by atoms with Crippen molar-refractivity contribution in [3.63, 3.8) is 0 Å². The Kier molecular flexibility index (Phi) is 6.04. The first-order valence-electron chi connectivity index (χ1n) is 6.07. The Morgan fingerprint density at radius 2 is 2.11 bits per heavy atom. The van der Waals surface area contributed by atoms with E-state index in [-0.39, 0.29) is 24.5 Å². The van der Waals surface area contributed by atoms with Crippen LogP contribution in [-0.4, -0.2) is 40.2 Å². The average molecular weight is 272 g/mol. The fourth-order valence-corrected chi connectivity index (χ4v) is 3.81. The van der Waals surface area contributed by atoms with Gasteiger partial charge in [-0.3, -0.25) is 4.79 Å². The van der Waals surface area contributed by atoms with Gasteiger partial charge < -0.3 is 15.7 Å². The monoisotopic (exact) mass is 272 g/mol. The lowest BCUT2D eigenvalue weighted by Gasteiger charge is -2.16. The number of hydrogen-bond acceptors (Lipinski definition) is 3. The van der Waals surface area contributed by atoms with Crippen LogP contribution in [0.2, 0.25) is 0 Å². The normalized spacial score (nSPS) is 28.7. The number of nitrogens with one attached hydrogen (secondary N) is 2. The first-order valence-corrected chi connectivity index (χ1v) is 7.12. The molecule has 0 saturated carbocycles. The third-order valence-corrected chi connectivity index (χ3v) is 4.58. The number of carboxylic acid groups (broad SMARTS) is 1. The van der Waals surface area contributed by atoms with E-state index in [1.54, 1.807) is 0 Å². The predicted octanol–water partition coefficient (Wildman–Crippen LogP) is 1.60. The van der Waals surface area contributed by atoms with Gasteiger partial charge in [-0.1, -0.05) is 6.42 Å². The van der Waals surface area contributed by atoms with Crippen molar-refractivity contribution in [2.75, 3.05) is 5.75 Å². The zero-order chi connectivity index (χ0) is 13.5. The second kappa shape index (κ2) is 7.31. The minimum absolute atomic E-state index is 0.0640. The fourth-order valence-electron chi connectivity index (χ4n) is 2.26. The van der Waals surface area contributed by atoms with Crippen molar-refractivity contribution < 1.29 is 14.7 Å². The minimum Gasteiger partial charge on any atom is -0.481 e. The van der Waals surface area contributed by atoms with Gasteiger partial charge in [0.15, 0.2) is 0 Å². The van der Waals surface area contributed by atoms with Crippen LogP contribution in [0.4, 0.5) is 4.79 Å². The zero-order valence-electron chi connectivity index (χ0n) is 10.4. The summed E-state index contributed by atoms with van der Waals surface area (Å²) in [6.45, 7) is 6.00. The van der Waals surface area contributed by atoms with Crippen LogP contribution >= 0.6 is 11.8 Å². The summed E-state index contributed by atoms with van der Waals surface area (Å²) in [5, 5.41) is 14.8. The van der Waals surface area contributed by atoms with Gasteiger partial charge in [0, 0.05) is 17.4 Å². The van der Waals surface area contributed by atoms with E-state index in [2.05, 4.69) is 23.8 Å². The molecule has 2 heterocycles. The molecule has 0 aromatic heterocycles. The zero-order valence-corrected chi connectivity index (χ0v) is 11.2. The second-order valence-corrected chi connectivity index (χ2v) is 5.53. The highest BCUT2D eigenvalue weighted by atomic mass is 32.2. The summed E-state index contributed by atoms with van der Waals surface area (Å²) < 4.78 is 0. The third-order valence-electron chi connectivity index (χ3n) is 3.07. The van der Waals surface area contributed by atoms with Gasteiger partial charge in [-0.25, -0.2) is 4.79 Å². The molecule has 0 spiro atoms. The summed E-state index contributed by atoms with van der Waals surface area (Å²) in [5.41, 5.74) is 0. The van der Waals surface area contributed by atoms with Crippen molar-refractivity contribution in [1.29, 1.82) is 0 Å². The number of fused-ring (bicyclic) bond motifs is 1. The SMILES string of the molecule is C=C.O=C(O)CCCC[C@@H]1SC[C@@H]2NC(=O)N[C@@H]21. The topological polar surface area (TPSA) is 78.4 Å². The minimum atomic E-state index is -0.729. The maximum absolute atomic E-state index is 11.1. The van der Waals surface area contributed by atoms with Gasteiger partial charge in [0.05, 0.1) is 12.1 Å². The number of unbranched alkanes of at least 4 members (excludes halogenated alkanes) is 1. The van der Waals surface area contributed by atoms with Crippen molar-refractivity contribution in [2.24, 2.45) is 0 Å². The van der Waals surface area contributed by atoms with Crippen molar-refractivity contribution in [2.45, 2.75) is 43.0 Å². The lowest BCUT2D eigenvalue weighted by atomic mass is 10.0. The summed E-state index contributed by atoms with van der Waals surface area (Å²) in [5.74, 6) is 0.236. The number of hydrogen-bond donors (Lipinski definition) is 3. The molecule has 0 bridgehead atoms. The van der Waals surface area contributed by atoms with Crippen LogP contribution in [0.15, 0.2) is 13.2 Å². The van der Waals surface area contributed by atoms with Crippen molar-refractivity contribution >= 4 is 23.8 Å². The van der Waals surface area contributed by atoms with E-state index in [1.165, 1.54) is 0 Å². The Balaban J connectivity index is 0.000000771. The van der Waals surface area contributed by atoms with E-state index in [0.717, 1.165) is 25.0 Å². The first kappa shape index (κ1) is 14.9. The molecule has 0 aromatic carbocycles. The predicted molar refractivity (Wildman–Crippen MR) is 72.8 cm³/mol. The van der Waals surface area contributed by atoms with Crippen LogP contribution in [0.1, 0.15) is 25.7 Å². The van der Waals surface area contributed by atoms with Crippen molar-refractivity contribution in [3.05, 3.63) is 13.2 Å². The summed E-state index contributed by atoms with van der Waals surface area (Å²) in [6.07, 6.45) is 2.88. The van der Waals surface area contributed by atoms with Gasteiger partial charge in [-0.05, 0) is 12.8 Å². The van der Waals surface area contributed by atoms with Crippen LogP contribution < -0.4 is 10.6 Å². The number of carbonyl (C=O) groups excluding carboxylic acids is 1. The van der Waals surface area contributed by atoms with Crippen LogP contribution in [0.3, 0.4) is 0 Å². The van der Waals surface area contributed by atoms with Gasteiger partial charge in [0.25, 0.3) is 0 Å². The van der Waals surface area contributed by atoms with Gasteiger partial charge in [0.1, 0.15) is 0 Å². The van der Waals surface area contributed by atoms with E-state index in [0.29, 0.717) is 5.25 Å². The molecule has 0 aromatic rings. The average Bonchev–Trinajstić information content (AvgIpc) is 2.87. The van der Waals surface area contributed by atoms with E-state index < -0.39 is 5.97 Å². The van der Waals surface area contributed by atoms with Gasteiger partial charge in [0.2, 0.25) is 0 Å². The third kappa shape index (κ3) is 3.94. The van der Waals surface area contributed by atoms with Gasteiger partial charge in [-0.15, -0.1) is 13.2 Å². The molecule has 18 heavy (non-hydrogen) atoms. The number of carboxylic acids is 1. The van der Waals surface area contributed by atoms with E-state index in [1.807, 2.05) is 11.8 Å². The maximum atomic E-state index is 11.1. The Morgan fingerprint density at radius 3 is 2.78 bits per heavy atom. The molecule has 3 N–H and O–H groups in total. The summed E-state index contributed by atoms with van der Waals surface area (Å²) >= 11 is 1.87. The molecule has 0 aliphatic carbocycles.